The fourth-order valence-corrected chi connectivity index (χ4v) is 3.07. The Morgan fingerprint density at radius 3 is 1.68 bits per heavy atom. The van der Waals surface area contributed by atoms with Gasteiger partial charge in [-0.15, -0.1) is 0 Å². The summed E-state index contributed by atoms with van der Waals surface area (Å²) in [4.78, 5) is 4.88. The van der Waals surface area contributed by atoms with Crippen LogP contribution in [0.25, 0.3) is 33.6 Å². The first-order valence-electron chi connectivity index (χ1n) is 8.18. The zero-order valence-electron chi connectivity index (χ0n) is 13.6. The van der Waals surface area contributed by atoms with Crippen LogP contribution in [0.2, 0.25) is 5.02 Å². The summed E-state index contributed by atoms with van der Waals surface area (Å²) in [6.45, 7) is 0. The van der Waals surface area contributed by atoms with Crippen LogP contribution in [0.5, 0.6) is 0 Å². The molecule has 0 spiro atoms. The molecule has 0 saturated carbocycles. The van der Waals surface area contributed by atoms with E-state index < -0.39 is 0 Å². The van der Waals surface area contributed by atoms with Crippen molar-refractivity contribution >= 4 is 11.6 Å². The minimum atomic E-state index is 0.714. The van der Waals surface area contributed by atoms with E-state index in [2.05, 4.69) is 48.5 Å². The van der Waals surface area contributed by atoms with Gasteiger partial charge in [0.15, 0.2) is 0 Å². The molecule has 0 saturated heterocycles. The van der Waals surface area contributed by atoms with Gasteiger partial charge in [0.1, 0.15) is 0 Å². The van der Waals surface area contributed by atoms with Crippen LogP contribution >= 0.6 is 11.6 Å². The number of nitrogens with zero attached hydrogens (tertiary/aromatic N) is 1. The number of benzene rings is 3. The molecule has 25 heavy (non-hydrogen) atoms. The number of rotatable bonds is 3. The Morgan fingerprint density at radius 2 is 1.04 bits per heavy atom. The Kier molecular flexibility index (Phi) is 4.32. The predicted molar refractivity (Wildman–Crippen MR) is 106 cm³/mol. The quantitative estimate of drug-likeness (QED) is 0.402. The van der Waals surface area contributed by atoms with Gasteiger partial charge in [0.2, 0.25) is 0 Å². The summed E-state index contributed by atoms with van der Waals surface area (Å²) in [5.41, 5.74) is 6.31. The highest BCUT2D eigenvalue weighted by Crippen LogP contribution is 2.30. The topological polar surface area (TPSA) is 12.9 Å². The first-order chi connectivity index (χ1) is 12.3. The average Bonchev–Trinajstić information content (AvgIpc) is 2.69. The summed E-state index contributed by atoms with van der Waals surface area (Å²) < 4.78 is 0. The number of aromatic nitrogens is 1. The molecule has 120 valence electrons. The highest BCUT2D eigenvalue weighted by molar-refractivity contribution is 6.30. The summed E-state index contributed by atoms with van der Waals surface area (Å²) in [5, 5.41) is 0.714. The molecule has 0 unspecified atom stereocenters. The van der Waals surface area contributed by atoms with E-state index in [0.717, 1.165) is 28.1 Å². The highest BCUT2D eigenvalue weighted by Gasteiger charge is 2.09. The minimum Gasteiger partial charge on any atom is -0.248 e. The van der Waals surface area contributed by atoms with Crippen molar-refractivity contribution < 1.29 is 0 Å². The molecule has 0 N–H and O–H groups in total. The largest absolute Gasteiger partial charge is 0.248 e. The number of hydrogen-bond acceptors (Lipinski definition) is 1. The lowest BCUT2D eigenvalue weighted by Gasteiger charge is -2.10. The highest BCUT2D eigenvalue weighted by atomic mass is 35.5. The van der Waals surface area contributed by atoms with Crippen molar-refractivity contribution in [3.63, 3.8) is 0 Å². The molecule has 1 nitrogen and oxygen atoms in total. The lowest BCUT2D eigenvalue weighted by Crippen LogP contribution is -1.91. The standard InChI is InChI=1S/C23H16ClN/c24-21-13-7-12-19(14-21)23-16-20(17-8-3-1-4-9-17)15-22(25-23)18-10-5-2-6-11-18/h1-16H. The third-order valence-corrected chi connectivity index (χ3v) is 4.36. The summed E-state index contributed by atoms with van der Waals surface area (Å²) >= 11 is 6.18. The Bertz CT molecular complexity index is 937. The van der Waals surface area contributed by atoms with E-state index in [-0.39, 0.29) is 0 Å². The van der Waals surface area contributed by atoms with Gasteiger partial charge in [0.25, 0.3) is 0 Å². The lowest BCUT2D eigenvalue weighted by atomic mass is 10.00. The predicted octanol–water partition coefficient (Wildman–Crippen LogP) is 6.74. The molecule has 1 aromatic heterocycles. The zero-order valence-corrected chi connectivity index (χ0v) is 14.3. The van der Waals surface area contributed by atoms with E-state index in [1.165, 1.54) is 5.56 Å². The van der Waals surface area contributed by atoms with Gasteiger partial charge in [-0.3, -0.25) is 0 Å². The fraction of sp³-hybridized carbons (Fsp3) is 0. The van der Waals surface area contributed by atoms with E-state index in [1.54, 1.807) is 0 Å². The third kappa shape index (κ3) is 3.47. The molecule has 0 bridgehead atoms. The van der Waals surface area contributed by atoms with Gasteiger partial charge in [-0.2, -0.15) is 0 Å². The molecule has 0 fully saturated rings. The van der Waals surface area contributed by atoms with Gasteiger partial charge in [-0.05, 0) is 35.4 Å². The first kappa shape index (κ1) is 15.6. The van der Waals surface area contributed by atoms with Gasteiger partial charge in [0, 0.05) is 16.1 Å². The Balaban J connectivity index is 1.92. The molecule has 0 amide bonds. The third-order valence-electron chi connectivity index (χ3n) is 4.12. The molecule has 0 aliphatic heterocycles. The summed E-state index contributed by atoms with van der Waals surface area (Å²) in [6.07, 6.45) is 0. The maximum Gasteiger partial charge on any atom is 0.0716 e. The van der Waals surface area contributed by atoms with Crippen molar-refractivity contribution in [2.45, 2.75) is 0 Å². The van der Waals surface area contributed by atoms with Crippen molar-refractivity contribution in [1.82, 2.24) is 4.98 Å². The molecule has 0 aliphatic carbocycles. The first-order valence-corrected chi connectivity index (χ1v) is 8.56. The van der Waals surface area contributed by atoms with Crippen molar-refractivity contribution in [3.05, 3.63) is 102 Å². The summed E-state index contributed by atoms with van der Waals surface area (Å²) in [5.74, 6) is 0. The van der Waals surface area contributed by atoms with Crippen LogP contribution in [-0.2, 0) is 0 Å². The second-order valence-corrected chi connectivity index (χ2v) is 6.31. The van der Waals surface area contributed by atoms with E-state index in [1.807, 2.05) is 48.5 Å². The SMILES string of the molecule is Clc1cccc(-c2cc(-c3ccccc3)cc(-c3ccccc3)n2)c1. The molecule has 1 heterocycles. The van der Waals surface area contributed by atoms with Gasteiger partial charge in [0.05, 0.1) is 11.4 Å². The lowest BCUT2D eigenvalue weighted by molar-refractivity contribution is 1.32. The van der Waals surface area contributed by atoms with Gasteiger partial charge in [-0.1, -0.05) is 84.4 Å². The maximum atomic E-state index is 6.18. The van der Waals surface area contributed by atoms with E-state index in [0.29, 0.717) is 5.02 Å². The second kappa shape index (κ2) is 6.92. The van der Waals surface area contributed by atoms with Crippen LogP contribution in [0.15, 0.2) is 97.1 Å². The molecule has 4 aromatic rings. The Morgan fingerprint density at radius 1 is 0.480 bits per heavy atom. The molecular weight excluding hydrogens is 326 g/mol. The fourth-order valence-electron chi connectivity index (χ4n) is 2.88. The Hall–Kier alpha value is -2.90. The van der Waals surface area contributed by atoms with E-state index in [4.69, 9.17) is 16.6 Å². The van der Waals surface area contributed by atoms with Crippen LogP contribution < -0.4 is 0 Å². The molecule has 0 radical (unpaired) electrons. The Labute approximate surface area is 152 Å². The monoisotopic (exact) mass is 341 g/mol. The number of pyridine rings is 1. The smallest absolute Gasteiger partial charge is 0.0716 e. The minimum absolute atomic E-state index is 0.714. The molecule has 0 aliphatic rings. The van der Waals surface area contributed by atoms with Crippen LogP contribution in [0.3, 0.4) is 0 Å². The normalized spacial score (nSPS) is 10.6. The van der Waals surface area contributed by atoms with Gasteiger partial charge < -0.3 is 0 Å². The van der Waals surface area contributed by atoms with Crippen molar-refractivity contribution in [1.29, 1.82) is 0 Å². The molecule has 4 rings (SSSR count). The van der Waals surface area contributed by atoms with Crippen LogP contribution in [0.1, 0.15) is 0 Å². The number of halogens is 1. The maximum absolute atomic E-state index is 6.18. The molecular formula is C23H16ClN. The van der Waals surface area contributed by atoms with E-state index >= 15 is 0 Å². The average molecular weight is 342 g/mol. The van der Waals surface area contributed by atoms with Crippen molar-refractivity contribution in [2.24, 2.45) is 0 Å². The van der Waals surface area contributed by atoms with Crippen LogP contribution in [-0.4, -0.2) is 4.98 Å². The number of hydrogen-bond donors (Lipinski definition) is 0. The zero-order chi connectivity index (χ0) is 17.1. The second-order valence-electron chi connectivity index (χ2n) is 5.87. The van der Waals surface area contributed by atoms with E-state index in [9.17, 15) is 0 Å². The van der Waals surface area contributed by atoms with Gasteiger partial charge >= 0.3 is 0 Å². The van der Waals surface area contributed by atoms with Crippen molar-refractivity contribution in [2.75, 3.05) is 0 Å². The molecule has 0 atom stereocenters. The van der Waals surface area contributed by atoms with Crippen LogP contribution in [0, 0.1) is 0 Å². The van der Waals surface area contributed by atoms with Crippen LogP contribution in [0.4, 0.5) is 0 Å². The van der Waals surface area contributed by atoms with Crippen molar-refractivity contribution in [3.8, 4) is 33.6 Å². The van der Waals surface area contributed by atoms with Gasteiger partial charge in [-0.25, -0.2) is 4.98 Å². The molecule has 2 heteroatoms. The molecule has 3 aromatic carbocycles. The summed E-state index contributed by atoms with van der Waals surface area (Å²) in [7, 11) is 0. The summed E-state index contributed by atoms with van der Waals surface area (Å²) in [6, 6.07) is 32.7.